The van der Waals surface area contributed by atoms with Gasteiger partial charge in [0.05, 0.1) is 0 Å². The molecule has 18 heavy (non-hydrogen) atoms. The van der Waals surface area contributed by atoms with Gasteiger partial charge in [0, 0.05) is 0 Å². The minimum Gasteiger partial charge on any atom is -0.0807 e. The molecule has 0 aromatic heterocycles. The average molecular weight is 244 g/mol. The smallest absolute Gasteiger partial charge is 0.0228 e. The molecule has 1 aromatic rings. The third-order valence-electron chi connectivity index (χ3n) is 3.39. The second-order valence-electron chi connectivity index (χ2n) is 5.05. The van der Waals surface area contributed by atoms with Crippen LogP contribution in [0.25, 0.3) is 5.57 Å². The third-order valence-corrected chi connectivity index (χ3v) is 3.39. The monoisotopic (exact) mass is 244 g/mol. The largest absolute Gasteiger partial charge is 0.0807 e. The molecular weight excluding hydrogens is 216 g/mol. The van der Waals surface area contributed by atoms with Crippen LogP contribution in [0.1, 0.15) is 70.8 Å². The highest BCUT2D eigenvalue weighted by atomic mass is 14.1. The van der Waals surface area contributed by atoms with Crippen LogP contribution in [0, 0.1) is 0 Å². The third kappa shape index (κ3) is 6.05. The Morgan fingerprint density at radius 2 is 1.56 bits per heavy atom. The van der Waals surface area contributed by atoms with Crippen molar-refractivity contribution in [2.45, 2.75) is 65.2 Å². The van der Waals surface area contributed by atoms with E-state index in [1.165, 1.54) is 56.9 Å². The lowest BCUT2D eigenvalue weighted by molar-refractivity contribution is 0.720. The summed E-state index contributed by atoms with van der Waals surface area (Å²) in [5, 5.41) is 0. The van der Waals surface area contributed by atoms with E-state index in [4.69, 9.17) is 0 Å². The lowest BCUT2D eigenvalue weighted by Crippen LogP contribution is -1.86. The average Bonchev–Trinajstić information content (AvgIpc) is 2.42. The van der Waals surface area contributed by atoms with Crippen molar-refractivity contribution in [3.8, 4) is 0 Å². The Labute approximate surface area is 113 Å². The lowest BCUT2D eigenvalue weighted by atomic mass is 9.98. The van der Waals surface area contributed by atoms with E-state index in [1.54, 1.807) is 5.57 Å². The van der Waals surface area contributed by atoms with Crippen LogP contribution < -0.4 is 0 Å². The fraction of sp³-hybridized carbons (Fsp3) is 0.556. The van der Waals surface area contributed by atoms with Gasteiger partial charge in [-0.15, -0.1) is 0 Å². The molecule has 0 spiro atoms. The van der Waals surface area contributed by atoms with Gasteiger partial charge >= 0.3 is 0 Å². The van der Waals surface area contributed by atoms with Crippen LogP contribution in [0.4, 0.5) is 0 Å². The highest BCUT2D eigenvalue weighted by molar-refractivity contribution is 5.65. The predicted molar refractivity (Wildman–Crippen MR) is 82.7 cm³/mol. The Morgan fingerprint density at radius 3 is 2.22 bits per heavy atom. The summed E-state index contributed by atoms with van der Waals surface area (Å²) >= 11 is 0. The Hall–Kier alpha value is -1.04. The molecule has 100 valence electrons. The molecule has 0 nitrogen and oxygen atoms in total. The molecule has 0 aliphatic carbocycles. The number of allylic oxidation sites excluding steroid dienone is 2. The highest BCUT2D eigenvalue weighted by Gasteiger charge is 2.00. The quantitative estimate of drug-likeness (QED) is 0.452. The molecular formula is C18H28. The van der Waals surface area contributed by atoms with Crippen molar-refractivity contribution < 1.29 is 0 Å². The van der Waals surface area contributed by atoms with Gasteiger partial charge in [0.1, 0.15) is 0 Å². The van der Waals surface area contributed by atoms with E-state index in [0.29, 0.717) is 0 Å². The van der Waals surface area contributed by atoms with Crippen LogP contribution in [0.3, 0.4) is 0 Å². The molecule has 0 bridgehead atoms. The van der Waals surface area contributed by atoms with Crippen LogP contribution >= 0.6 is 0 Å². The van der Waals surface area contributed by atoms with Gasteiger partial charge in [-0.05, 0) is 36.8 Å². The molecule has 0 aliphatic rings. The van der Waals surface area contributed by atoms with Crippen molar-refractivity contribution in [2.24, 2.45) is 0 Å². The molecule has 0 fully saturated rings. The van der Waals surface area contributed by atoms with Crippen LogP contribution in [0.5, 0.6) is 0 Å². The topological polar surface area (TPSA) is 0 Å². The predicted octanol–water partition coefficient (Wildman–Crippen LogP) is 6.23. The van der Waals surface area contributed by atoms with Gasteiger partial charge in [0.25, 0.3) is 0 Å². The first-order chi connectivity index (χ1) is 8.88. The zero-order chi connectivity index (χ0) is 13.1. The summed E-state index contributed by atoms with van der Waals surface area (Å²) in [6.45, 7) is 4.54. The molecule has 0 unspecified atom stereocenters. The van der Waals surface area contributed by atoms with E-state index in [0.717, 1.165) is 0 Å². The second-order valence-corrected chi connectivity index (χ2v) is 5.05. The van der Waals surface area contributed by atoms with Crippen LogP contribution in [-0.2, 0) is 0 Å². The van der Waals surface area contributed by atoms with E-state index in [1.807, 2.05) is 0 Å². The minimum absolute atomic E-state index is 1.24. The Morgan fingerprint density at radius 1 is 0.889 bits per heavy atom. The number of hydrogen-bond donors (Lipinski definition) is 0. The van der Waals surface area contributed by atoms with E-state index < -0.39 is 0 Å². The molecule has 0 atom stereocenters. The molecule has 0 saturated carbocycles. The molecule has 0 aliphatic heterocycles. The summed E-state index contributed by atoms with van der Waals surface area (Å²) in [6.07, 6.45) is 12.9. The zero-order valence-electron chi connectivity index (χ0n) is 12.1. The van der Waals surface area contributed by atoms with Gasteiger partial charge in [0.15, 0.2) is 0 Å². The SMILES string of the molecule is CCCCC/C=C(\CCCCC)c1ccccc1. The van der Waals surface area contributed by atoms with E-state index in [9.17, 15) is 0 Å². The van der Waals surface area contributed by atoms with Gasteiger partial charge in [-0.25, -0.2) is 0 Å². The molecule has 0 heterocycles. The summed E-state index contributed by atoms with van der Waals surface area (Å²) < 4.78 is 0. The summed E-state index contributed by atoms with van der Waals surface area (Å²) in [4.78, 5) is 0. The van der Waals surface area contributed by atoms with Crippen molar-refractivity contribution in [1.29, 1.82) is 0 Å². The molecule has 0 heteroatoms. The van der Waals surface area contributed by atoms with Crippen LogP contribution in [-0.4, -0.2) is 0 Å². The number of hydrogen-bond acceptors (Lipinski definition) is 0. The molecule has 1 rings (SSSR count). The Balaban J connectivity index is 2.57. The zero-order valence-corrected chi connectivity index (χ0v) is 12.1. The first kappa shape index (κ1) is 15.0. The number of benzene rings is 1. The lowest BCUT2D eigenvalue weighted by Gasteiger charge is -2.08. The standard InChI is InChI=1S/C18H28/c1-3-5-7-10-14-17(13-9-6-4-2)18-15-11-8-12-16-18/h8,11-12,14-16H,3-7,9-10,13H2,1-2H3/b17-14+. The van der Waals surface area contributed by atoms with Crippen molar-refractivity contribution in [2.75, 3.05) is 0 Å². The first-order valence-corrected chi connectivity index (χ1v) is 7.63. The maximum absolute atomic E-state index is 2.47. The van der Waals surface area contributed by atoms with E-state index in [2.05, 4.69) is 50.3 Å². The maximum atomic E-state index is 2.47. The number of rotatable bonds is 9. The summed E-state index contributed by atoms with van der Waals surface area (Å²) in [6, 6.07) is 10.9. The summed E-state index contributed by atoms with van der Waals surface area (Å²) in [7, 11) is 0. The Kier molecular flexibility index (Phi) is 8.29. The molecule has 1 aromatic carbocycles. The molecule has 0 amide bonds. The molecule has 0 radical (unpaired) electrons. The summed E-state index contributed by atoms with van der Waals surface area (Å²) in [5.74, 6) is 0. The fourth-order valence-corrected chi connectivity index (χ4v) is 2.25. The van der Waals surface area contributed by atoms with Crippen LogP contribution in [0.15, 0.2) is 36.4 Å². The van der Waals surface area contributed by atoms with Gasteiger partial charge in [0.2, 0.25) is 0 Å². The van der Waals surface area contributed by atoms with E-state index >= 15 is 0 Å². The number of unbranched alkanes of at least 4 members (excludes halogenated alkanes) is 5. The van der Waals surface area contributed by atoms with Crippen LogP contribution in [0.2, 0.25) is 0 Å². The van der Waals surface area contributed by atoms with Gasteiger partial charge in [-0.3, -0.25) is 0 Å². The highest BCUT2D eigenvalue weighted by Crippen LogP contribution is 2.22. The van der Waals surface area contributed by atoms with Crippen molar-refractivity contribution >= 4 is 5.57 Å². The fourth-order valence-electron chi connectivity index (χ4n) is 2.25. The minimum atomic E-state index is 1.24. The first-order valence-electron chi connectivity index (χ1n) is 7.63. The van der Waals surface area contributed by atoms with Crippen molar-refractivity contribution in [3.05, 3.63) is 42.0 Å². The second kappa shape index (κ2) is 9.94. The van der Waals surface area contributed by atoms with Gasteiger partial charge < -0.3 is 0 Å². The Bertz CT molecular complexity index is 321. The van der Waals surface area contributed by atoms with E-state index in [-0.39, 0.29) is 0 Å². The maximum Gasteiger partial charge on any atom is -0.0228 e. The molecule has 0 saturated heterocycles. The van der Waals surface area contributed by atoms with Gasteiger partial charge in [-0.1, -0.05) is 75.9 Å². The van der Waals surface area contributed by atoms with Gasteiger partial charge in [-0.2, -0.15) is 0 Å². The molecule has 0 N–H and O–H groups in total. The van der Waals surface area contributed by atoms with Crippen molar-refractivity contribution in [1.82, 2.24) is 0 Å². The normalized spacial score (nSPS) is 11.8. The van der Waals surface area contributed by atoms with Crippen molar-refractivity contribution in [3.63, 3.8) is 0 Å². The summed E-state index contributed by atoms with van der Waals surface area (Å²) in [5.41, 5.74) is 2.98.